The molecule has 2 heterocycles. The van der Waals surface area contributed by atoms with Crippen LogP contribution in [0.3, 0.4) is 0 Å². The van der Waals surface area contributed by atoms with Gasteiger partial charge in [-0.3, -0.25) is 0 Å². The molecule has 0 radical (unpaired) electrons. The summed E-state index contributed by atoms with van der Waals surface area (Å²) in [5, 5.41) is 4.50. The zero-order chi connectivity index (χ0) is 25.9. The van der Waals surface area contributed by atoms with Crippen molar-refractivity contribution in [2.75, 3.05) is 18.6 Å². The minimum Gasteiger partial charge on any atom is -0.496 e. The fourth-order valence-corrected chi connectivity index (χ4v) is 4.44. The highest BCUT2D eigenvalue weighted by Gasteiger charge is 2.18. The summed E-state index contributed by atoms with van der Waals surface area (Å²) in [4.78, 5) is 8.24. The van der Waals surface area contributed by atoms with Crippen molar-refractivity contribution in [3.8, 4) is 28.4 Å². The molecule has 6 aromatic rings. The third-order valence-electron chi connectivity index (χ3n) is 6.13. The number of benzene rings is 4. The average Bonchev–Trinajstić information content (AvgIpc) is 3.53. The number of hydrogen-bond acceptors (Lipinski definition) is 7. The van der Waals surface area contributed by atoms with Gasteiger partial charge in [0.15, 0.2) is 11.5 Å². The van der Waals surface area contributed by atoms with Crippen molar-refractivity contribution in [2.24, 2.45) is 0 Å². The first kappa shape index (κ1) is 23.9. The molecule has 0 bridgehead atoms. The van der Waals surface area contributed by atoms with Crippen LogP contribution in [-0.2, 0) is 0 Å². The molecule has 37 heavy (non-hydrogen) atoms. The maximum atomic E-state index is 5.72. The van der Waals surface area contributed by atoms with Gasteiger partial charge in [-0.05, 0) is 33.5 Å². The first-order valence-electron chi connectivity index (χ1n) is 12.0. The molecule has 4 N–H and O–H groups in total. The lowest BCUT2D eigenvalue weighted by Crippen LogP contribution is -1.92. The van der Waals surface area contributed by atoms with Crippen molar-refractivity contribution in [2.45, 2.75) is 19.8 Å². The van der Waals surface area contributed by atoms with E-state index in [9.17, 15) is 0 Å². The highest BCUT2D eigenvalue weighted by Crippen LogP contribution is 2.38. The number of methoxy groups -OCH3 is 1. The van der Waals surface area contributed by atoms with Gasteiger partial charge in [0.1, 0.15) is 5.75 Å². The summed E-state index contributed by atoms with van der Waals surface area (Å²) in [5.41, 5.74) is 14.1. The quantitative estimate of drug-likeness (QED) is 0.266. The first-order valence-corrected chi connectivity index (χ1v) is 12.0. The lowest BCUT2D eigenvalue weighted by molar-refractivity contribution is 0.415. The largest absolute Gasteiger partial charge is 0.496 e. The Hall–Kier alpha value is -4.78. The molecule has 0 aliphatic carbocycles. The molecule has 0 amide bonds. The maximum absolute atomic E-state index is 5.72. The molecule has 6 rings (SSSR count). The van der Waals surface area contributed by atoms with Gasteiger partial charge in [-0.15, -0.1) is 0 Å². The van der Waals surface area contributed by atoms with E-state index in [2.05, 4.69) is 42.0 Å². The summed E-state index contributed by atoms with van der Waals surface area (Å²) >= 11 is 0. The molecule has 0 saturated heterocycles. The Morgan fingerprint density at radius 2 is 1.43 bits per heavy atom. The topological polar surface area (TPSA) is 113 Å². The van der Waals surface area contributed by atoms with E-state index in [0.29, 0.717) is 5.76 Å². The van der Waals surface area contributed by atoms with E-state index < -0.39 is 0 Å². The summed E-state index contributed by atoms with van der Waals surface area (Å²) in [5.74, 6) is 2.41. The van der Waals surface area contributed by atoms with Crippen LogP contribution in [0.5, 0.6) is 5.75 Å². The normalized spacial score (nSPS) is 11.0. The Kier molecular flexibility index (Phi) is 6.51. The first-order chi connectivity index (χ1) is 18.0. The molecule has 7 heteroatoms. The van der Waals surface area contributed by atoms with Gasteiger partial charge in [0, 0.05) is 5.56 Å². The predicted octanol–water partition coefficient (Wildman–Crippen LogP) is 7.29. The van der Waals surface area contributed by atoms with E-state index >= 15 is 0 Å². The van der Waals surface area contributed by atoms with Crippen molar-refractivity contribution in [3.05, 3.63) is 90.8 Å². The van der Waals surface area contributed by atoms with Crippen LogP contribution in [0.15, 0.2) is 93.9 Å². The summed E-state index contributed by atoms with van der Waals surface area (Å²) in [6.45, 7) is 4.18. The van der Waals surface area contributed by atoms with E-state index in [-0.39, 0.29) is 17.9 Å². The van der Waals surface area contributed by atoms with Gasteiger partial charge >= 0.3 is 0 Å². The van der Waals surface area contributed by atoms with E-state index in [4.69, 9.17) is 25.0 Å². The smallest absolute Gasteiger partial charge is 0.292 e. The fourth-order valence-electron chi connectivity index (χ4n) is 4.44. The molecular formula is C30H28N4O3. The van der Waals surface area contributed by atoms with Crippen molar-refractivity contribution in [1.29, 1.82) is 0 Å². The Morgan fingerprint density at radius 1 is 0.757 bits per heavy atom. The molecule has 0 fully saturated rings. The highest BCUT2D eigenvalue weighted by molar-refractivity contribution is 5.98. The Balaban J connectivity index is 0.000000152. The highest BCUT2D eigenvalue weighted by atomic mass is 16.5. The van der Waals surface area contributed by atoms with Gasteiger partial charge in [0.2, 0.25) is 0 Å². The van der Waals surface area contributed by atoms with Crippen LogP contribution in [0.1, 0.15) is 25.5 Å². The van der Waals surface area contributed by atoms with Gasteiger partial charge in [0.05, 0.1) is 24.6 Å². The molecule has 0 aliphatic heterocycles. The molecule has 7 nitrogen and oxygen atoms in total. The van der Waals surface area contributed by atoms with Crippen LogP contribution in [0.25, 0.3) is 44.2 Å². The van der Waals surface area contributed by atoms with E-state index in [1.807, 2.05) is 60.7 Å². The number of fused-ring (bicyclic) bond motifs is 2. The van der Waals surface area contributed by atoms with Gasteiger partial charge in [-0.1, -0.05) is 86.6 Å². The molecule has 0 atom stereocenters. The van der Waals surface area contributed by atoms with Gasteiger partial charge in [-0.25, -0.2) is 4.98 Å². The lowest BCUT2D eigenvalue weighted by Gasteiger charge is -2.09. The molecular weight excluding hydrogens is 464 g/mol. The van der Waals surface area contributed by atoms with E-state index in [1.54, 1.807) is 13.3 Å². The predicted molar refractivity (Wildman–Crippen MR) is 148 cm³/mol. The monoisotopic (exact) mass is 492 g/mol. The lowest BCUT2D eigenvalue weighted by atomic mass is 9.99. The van der Waals surface area contributed by atoms with Gasteiger partial charge in [0.25, 0.3) is 12.0 Å². The number of ether oxygens (including phenoxy) is 1. The van der Waals surface area contributed by atoms with Crippen molar-refractivity contribution >= 4 is 33.6 Å². The fraction of sp³-hybridized carbons (Fsp3) is 0.133. The molecule has 0 aliphatic rings. The van der Waals surface area contributed by atoms with E-state index in [1.165, 1.54) is 5.39 Å². The molecule has 0 spiro atoms. The minimum atomic E-state index is 0.153. The summed E-state index contributed by atoms with van der Waals surface area (Å²) in [6.07, 6.45) is 1.61. The van der Waals surface area contributed by atoms with Gasteiger partial charge in [-0.2, -0.15) is 4.98 Å². The number of anilines is 2. The Labute approximate surface area is 214 Å². The second-order valence-corrected chi connectivity index (χ2v) is 8.87. The second-order valence-electron chi connectivity index (χ2n) is 8.87. The molecule has 186 valence electrons. The van der Waals surface area contributed by atoms with Crippen LogP contribution in [0, 0.1) is 0 Å². The number of nitrogens with two attached hydrogens (primary N) is 2. The van der Waals surface area contributed by atoms with Crippen LogP contribution in [0.2, 0.25) is 0 Å². The van der Waals surface area contributed by atoms with Gasteiger partial charge < -0.3 is 25.0 Å². The summed E-state index contributed by atoms with van der Waals surface area (Å²) < 4.78 is 16.4. The molecule has 2 aromatic heterocycles. The molecule has 0 saturated carbocycles. The number of hydrogen-bond donors (Lipinski definition) is 2. The second kappa shape index (κ2) is 10.1. The Bertz CT molecular complexity index is 1680. The minimum absolute atomic E-state index is 0.153. The Morgan fingerprint density at radius 3 is 2.11 bits per heavy atom. The number of nitrogen functional groups attached to an aromatic ring is 2. The number of rotatable bonds is 4. The maximum Gasteiger partial charge on any atom is 0.292 e. The average molecular weight is 493 g/mol. The number of nitrogens with zero attached hydrogens (tertiary/aromatic N) is 2. The van der Waals surface area contributed by atoms with Crippen molar-refractivity contribution < 1.29 is 13.6 Å². The molecule has 0 unspecified atom stereocenters. The van der Waals surface area contributed by atoms with Crippen molar-refractivity contribution in [1.82, 2.24) is 9.97 Å². The van der Waals surface area contributed by atoms with Crippen LogP contribution in [0.4, 0.5) is 12.0 Å². The van der Waals surface area contributed by atoms with Crippen LogP contribution in [-0.4, -0.2) is 17.1 Å². The van der Waals surface area contributed by atoms with Crippen LogP contribution < -0.4 is 16.2 Å². The summed E-state index contributed by atoms with van der Waals surface area (Å²) in [7, 11) is 1.63. The zero-order valence-electron chi connectivity index (χ0n) is 20.9. The standard InChI is InChI=1S/C16H16N2O.C14H12N2O2/c1-10(2)14-15(19-16(17)18-14)13-9-5-7-11-6-3-4-8-12(11)13;1-17-11-7-6-9-4-2-3-5-10(9)13(11)12-8-16-14(15)18-12/h3-10H,1-2H3,(H2,17,18);2-8H,1H3,(H2,15,16). The summed E-state index contributed by atoms with van der Waals surface area (Å²) in [6, 6.07) is 26.7. The van der Waals surface area contributed by atoms with Crippen LogP contribution >= 0.6 is 0 Å². The number of aromatic nitrogens is 2. The number of oxazole rings is 2. The third kappa shape index (κ3) is 4.71. The SMILES string of the molecule is CC(C)c1nc(N)oc1-c1cccc2ccccc12.COc1ccc2ccccc2c1-c1cnc(N)o1. The third-order valence-corrected chi connectivity index (χ3v) is 6.13. The zero-order valence-corrected chi connectivity index (χ0v) is 20.9. The molecule has 4 aromatic carbocycles. The van der Waals surface area contributed by atoms with Crippen molar-refractivity contribution in [3.63, 3.8) is 0 Å². The van der Waals surface area contributed by atoms with E-state index in [0.717, 1.165) is 44.5 Å².